The highest BCUT2D eigenvalue weighted by Crippen LogP contribution is 2.17. The molecule has 7 nitrogen and oxygen atoms in total. The van der Waals surface area contributed by atoms with E-state index in [9.17, 15) is 14.4 Å². The number of rotatable bonds is 10. The van der Waals surface area contributed by atoms with Crippen LogP contribution in [0.1, 0.15) is 38.7 Å². The third kappa shape index (κ3) is 7.65. The van der Waals surface area contributed by atoms with E-state index in [0.717, 1.165) is 5.56 Å². The first-order chi connectivity index (χ1) is 12.4. The lowest BCUT2D eigenvalue weighted by atomic mass is 9.92. The molecule has 0 heterocycles. The monoisotopic (exact) mass is 363 g/mol. The van der Waals surface area contributed by atoms with Gasteiger partial charge in [0.15, 0.2) is 0 Å². The molecule has 1 unspecified atom stereocenters. The molecule has 0 aliphatic heterocycles. The zero-order valence-electron chi connectivity index (χ0n) is 15.6. The molecule has 0 aliphatic rings. The first-order valence-corrected chi connectivity index (χ1v) is 8.86. The Labute approximate surface area is 154 Å². The molecule has 0 bridgehead atoms. The molecule has 0 spiro atoms. The van der Waals surface area contributed by atoms with E-state index in [2.05, 4.69) is 10.6 Å². The molecule has 0 aromatic heterocycles. The van der Waals surface area contributed by atoms with E-state index >= 15 is 0 Å². The Morgan fingerprint density at radius 3 is 2.27 bits per heavy atom. The Kier molecular flexibility index (Phi) is 9.36. The topological polar surface area (TPSA) is 108 Å². The molecule has 1 aromatic carbocycles. The maximum atomic E-state index is 12.6. The van der Waals surface area contributed by atoms with Gasteiger partial charge in [-0.25, -0.2) is 5.48 Å². The van der Waals surface area contributed by atoms with Crippen molar-refractivity contribution in [3.8, 4) is 0 Å². The highest BCUT2D eigenvalue weighted by atomic mass is 16.5. The molecule has 3 amide bonds. The lowest BCUT2D eigenvalue weighted by Crippen LogP contribution is -2.48. The summed E-state index contributed by atoms with van der Waals surface area (Å²) in [5.74, 6) is -1.66. The molecule has 0 aliphatic carbocycles. The quantitative estimate of drug-likeness (QED) is 0.372. The summed E-state index contributed by atoms with van der Waals surface area (Å²) >= 11 is 0. The van der Waals surface area contributed by atoms with Crippen LogP contribution in [0.4, 0.5) is 0 Å². The number of carbonyl (C=O) groups excluding carboxylic acids is 3. The number of aryl methyl sites for hydroxylation is 1. The molecule has 7 heteroatoms. The number of amides is 3. The largest absolute Gasteiger partial charge is 0.357 e. The van der Waals surface area contributed by atoms with Gasteiger partial charge in [-0.15, -0.1) is 0 Å². The Morgan fingerprint density at radius 1 is 1.08 bits per heavy atom. The molecule has 26 heavy (non-hydrogen) atoms. The lowest BCUT2D eigenvalue weighted by molar-refractivity contribution is -0.136. The van der Waals surface area contributed by atoms with E-state index in [1.54, 1.807) is 5.48 Å². The van der Waals surface area contributed by atoms with Crippen LogP contribution in [0.2, 0.25) is 0 Å². The van der Waals surface area contributed by atoms with Crippen LogP contribution >= 0.6 is 0 Å². The number of hydroxylamine groups is 1. The summed E-state index contributed by atoms with van der Waals surface area (Å²) in [4.78, 5) is 36.2. The van der Waals surface area contributed by atoms with E-state index in [0.29, 0.717) is 19.3 Å². The summed E-state index contributed by atoms with van der Waals surface area (Å²) in [6.45, 7) is 3.89. The predicted octanol–water partition coefficient (Wildman–Crippen LogP) is 1.41. The van der Waals surface area contributed by atoms with Gasteiger partial charge in [0.1, 0.15) is 6.04 Å². The number of likely N-dealkylation sites (N-methyl/N-ethyl adjacent to an activating group) is 1. The van der Waals surface area contributed by atoms with Crippen LogP contribution in [0.15, 0.2) is 30.3 Å². The van der Waals surface area contributed by atoms with Gasteiger partial charge in [-0.2, -0.15) is 0 Å². The molecule has 144 valence electrons. The average Bonchev–Trinajstić information content (AvgIpc) is 2.63. The molecule has 0 fully saturated rings. The molecule has 0 saturated heterocycles. The zero-order chi connectivity index (χ0) is 19.5. The number of hydrogen-bond acceptors (Lipinski definition) is 4. The fourth-order valence-corrected chi connectivity index (χ4v) is 2.81. The van der Waals surface area contributed by atoms with E-state index in [1.807, 2.05) is 44.2 Å². The molecule has 2 atom stereocenters. The van der Waals surface area contributed by atoms with Crippen molar-refractivity contribution in [1.29, 1.82) is 0 Å². The van der Waals surface area contributed by atoms with E-state index < -0.39 is 17.9 Å². The third-order valence-corrected chi connectivity index (χ3v) is 4.13. The van der Waals surface area contributed by atoms with Gasteiger partial charge in [-0.05, 0) is 30.7 Å². The van der Waals surface area contributed by atoms with Gasteiger partial charge >= 0.3 is 0 Å². The summed E-state index contributed by atoms with van der Waals surface area (Å²) in [6, 6.07) is 9.03. The molecule has 0 saturated carbocycles. The first kappa shape index (κ1) is 21.6. The van der Waals surface area contributed by atoms with E-state index in [1.165, 1.54) is 7.05 Å². The average molecular weight is 363 g/mol. The second-order valence-electron chi connectivity index (χ2n) is 6.77. The highest BCUT2D eigenvalue weighted by molar-refractivity contribution is 5.90. The lowest BCUT2D eigenvalue weighted by Gasteiger charge is -2.22. The first-order valence-electron chi connectivity index (χ1n) is 8.86. The maximum absolute atomic E-state index is 12.6. The van der Waals surface area contributed by atoms with Crippen LogP contribution in [0, 0.1) is 11.8 Å². The third-order valence-electron chi connectivity index (χ3n) is 4.13. The van der Waals surface area contributed by atoms with Crippen molar-refractivity contribution in [2.75, 3.05) is 7.05 Å². The second-order valence-corrected chi connectivity index (χ2v) is 6.77. The summed E-state index contributed by atoms with van der Waals surface area (Å²) in [5, 5.41) is 14.0. The standard InChI is InChI=1S/C19H29N3O4/c1-13(2)11-15(12-17(23)22-26)18(24)21-16(19(25)20-3)10-9-14-7-5-4-6-8-14/h4-8,13,15-16,26H,9-12H2,1-3H3,(H,20,25)(H,21,24)(H,22,23)/t15?,16-/m0/s1. The number of hydrogen-bond donors (Lipinski definition) is 4. The van der Waals surface area contributed by atoms with Crippen molar-refractivity contribution >= 4 is 17.7 Å². The van der Waals surface area contributed by atoms with Crippen molar-refractivity contribution in [3.05, 3.63) is 35.9 Å². The van der Waals surface area contributed by atoms with Crippen LogP contribution in [-0.2, 0) is 20.8 Å². The summed E-state index contributed by atoms with van der Waals surface area (Å²) in [7, 11) is 1.52. The van der Waals surface area contributed by atoms with Gasteiger partial charge in [0, 0.05) is 19.4 Å². The second kappa shape index (κ2) is 11.3. The van der Waals surface area contributed by atoms with Gasteiger partial charge in [0.2, 0.25) is 17.7 Å². The summed E-state index contributed by atoms with van der Waals surface area (Å²) < 4.78 is 0. The van der Waals surface area contributed by atoms with Crippen molar-refractivity contribution in [2.24, 2.45) is 11.8 Å². The number of benzene rings is 1. The van der Waals surface area contributed by atoms with Gasteiger partial charge in [-0.1, -0.05) is 44.2 Å². The minimum Gasteiger partial charge on any atom is -0.357 e. The zero-order valence-corrected chi connectivity index (χ0v) is 15.6. The van der Waals surface area contributed by atoms with Crippen molar-refractivity contribution in [2.45, 2.75) is 45.6 Å². The molecular formula is C19H29N3O4. The Hall–Kier alpha value is -2.41. The maximum Gasteiger partial charge on any atom is 0.244 e. The Balaban J connectivity index is 2.77. The number of nitrogens with one attached hydrogen (secondary N) is 3. The molecule has 4 N–H and O–H groups in total. The van der Waals surface area contributed by atoms with Gasteiger partial charge in [-0.3, -0.25) is 19.6 Å². The Bertz CT molecular complexity index is 590. The van der Waals surface area contributed by atoms with Crippen LogP contribution in [0.3, 0.4) is 0 Å². The minimum atomic E-state index is -0.681. The normalized spacial score (nSPS) is 13.0. The SMILES string of the molecule is CNC(=O)[C@H](CCc1ccccc1)NC(=O)C(CC(=O)NO)CC(C)C. The molecule has 1 aromatic rings. The highest BCUT2D eigenvalue weighted by Gasteiger charge is 2.27. The molecule has 0 radical (unpaired) electrons. The van der Waals surface area contributed by atoms with Crippen LogP contribution < -0.4 is 16.1 Å². The fourth-order valence-electron chi connectivity index (χ4n) is 2.81. The minimum absolute atomic E-state index is 0.125. The van der Waals surface area contributed by atoms with Crippen LogP contribution in [0.5, 0.6) is 0 Å². The summed E-state index contributed by atoms with van der Waals surface area (Å²) in [5.41, 5.74) is 2.64. The smallest absolute Gasteiger partial charge is 0.244 e. The van der Waals surface area contributed by atoms with E-state index in [-0.39, 0.29) is 24.2 Å². The predicted molar refractivity (Wildman–Crippen MR) is 98.3 cm³/mol. The van der Waals surface area contributed by atoms with Crippen molar-refractivity contribution < 1.29 is 19.6 Å². The van der Waals surface area contributed by atoms with Crippen molar-refractivity contribution in [3.63, 3.8) is 0 Å². The van der Waals surface area contributed by atoms with E-state index in [4.69, 9.17) is 5.21 Å². The Morgan fingerprint density at radius 2 is 1.73 bits per heavy atom. The number of carbonyl (C=O) groups is 3. The summed E-state index contributed by atoms with van der Waals surface area (Å²) in [6.07, 6.45) is 1.46. The molecular weight excluding hydrogens is 334 g/mol. The van der Waals surface area contributed by atoms with Crippen LogP contribution in [-0.4, -0.2) is 36.0 Å². The van der Waals surface area contributed by atoms with Gasteiger partial charge in [0.25, 0.3) is 0 Å². The van der Waals surface area contributed by atoms with Crippen LogP contribution in [0.25, 0.3) is 0 Å². The van der Waals surface area contributed by atoms with Gasteiger partial charge < -0.3 is 10.6 Å². The van der Waals surface area contributed by atoms with Gasteiger partial charge in [0.05, 0.1) is 0 Å². The fraction of sp³-hybridized carbons (Fsp3) is 0.526. The molecule has 1 rings (SSSR count). The van der Waals surface area contributed by atoms with Crippen molar-refractivity contribution in [1.82, 2.24) is 16.1 Å².